The lowest BCUT2D eigenvalue weighted by molar-refractivity contribution is -0.168. The third kappa shape index (κ3) is 2.79. The van der Waals surface area contributed by atoms with E-state index in [1.807, 2.05) is 4.90 Å². The van der Waals surface area contributed by atoms with Gasteiger partial charge in [-0.1, -0.05) is 20.3 Å². The van der Waals surface area contributed by atoms with Gasteiger partial charge in [0.05, 0.1) is 24.1 Å². The van der Waals surface area contributed by atoms with Gasteiger partial charge >= 0.3 is 0 Å². The lowest BCUT2D eigenvalue weighted by atomic mass is 9.69. The van der Waals surface area contributed by atoms with E-state index >= 15 is 0 Å². The predicted molar refractivity (Wildman–Crippen MR) is 75.6 cm³/mol. The minimum absolute atomic E-state index is 0.183. The quantitative estimate of drug-likeness (QED) is 0.812. The Kier molecular flexibility index (Phi) is 4.21. The molecular weight excluding hydrogens is 240 g/mol. The van der Waals surface area contributed by atoms with E-state index in [0.29, 0.717) is 25.6 Å². The Morgan fingerprint density at radius 2 is 1.95 bits per heavy atom. The van der Waals surface area contributed by atoms with Gasteiger partial charge in [0.2, 0.25) is 5.91 Å². The standard InChI is InChI=1S/C15H28N2O2/c1-3-6-15(19)10-17(11-15)13(18)14(9-16)7-4-12(2)5-8-14/h12,19H,3-11,16H2,1-2H3. The van der Waals surface area contributed by atoms with Crippen LogP contribution in [0.15, 0.2) is 0 Å². The Morgan fingerprint density at radius 1 is 1.37 bits per heavy atom. The van der Waals surface area contributed by atoms with E-state index in [2.05, 4.69) is 13.8 Å². The first-order valence-electron chi connectivity index (χ1n) is 7.66. The Balaban J connectivity index is 1.96. The molecule has 0 aromatic carbocycles. The fraction of sp³-hybridized carbons (Fsp3) is 0.933. The fourth-order valence-corrected chi connectivity index (χ4v) is 3.59. The second-order valence-corrected chi connectivity index (χ2v) is 6.80. The molecule has 3 N–H and O–H groups in total. The molecule has 1 saturated heterocycles. The van der Waals surface area contributed by atoms with E-state index in [1.54, 1.807) is 0 Å². The van der Waals surface area contributed by atoms with Gasteiger partial charge in [-0.05, 0) is 38.0 Å². The zero-order valence-electron chi connectivity index (χ0n) is 12.3. The Bertz CT molecular complexity index is 329. The van der Waals surface area contributed by atoms with Gasteiger partial charge in [-0.2, -0.15) is 0 Å². The van der Waals surface area contributed by atoms with E-state index in [9.17, 15) is 9.90 Å². The fourth-order valence-electron chi connectivity index (χ4n) is 3.59. The van der Waals surface area contributed by atoms with Crippen LogP contribution in [0.2, 0.25) is 0 Å². The average Bonchev–Trinajstić information content (AvgIpc) is 2.37. The molecule has 4 nitrogen and oxygen atoms in total. The van der Waals surface area contributed by atoms with Gasteiger partial charge in [0.25, 0.3) is 0 Å². The number of amides is 1. The molecular formula is C15H28N2O2. The van der Waals surface area contributed by atoms with Gasteiger partial charge in [-0.25, -0.2) is 0 Å². The zero-order valence-corrected chi connectivity index (χ0v) is 12.3. The van der Waals surface area contributed by atoms with Crippen LogP contribution in [0.1, 0.15) is 52.4 Å². The zero-order chi connectivity index (χ0) is 14.1. The third-order valence-electron chi connectivity index (χ3n) is 5.05. The second-order valence-electron chi connectivity index (χ2n) is 6.80. The maximum atomic E-state index is 12.7. The summed E-state index contributed by atoms with van der Waals surface area (Å²) in [5.74, 6) is 0.892. The van der Waals surface area contributed by atoms with E-state index < -0.39 is 5.60 Å². The molecule has 1 saturated carbocycles. The minimum atomic E-state index is -0.637. The molecule has 0 spiro atoms. The summed E-state index contributed by atoms with van der Waals surface area (Å²) in [7, 11) is 0. The van der Waals surface area contributed by atoms with Gasteiger partial charge in [-0.15, -0.1) is 0 Å². The molecule has 0 radical (unpaired) electrons. The maximum Gasteiger partial charge on any atom is 0.230 e. The highest BCUT2D eigenvalue weighted by atomic mass is 16.3. The summed E-state index contributed by atoms with van der Waals surface area (Å²) in [6, 6.07) is 0. The van der Waals surface area contributed by atoms with Crippen LogP contribution in [-0.2, 0) is 4.79 Å². The van der Waals surface area contributed by atoms with E-state index in [0.717, 1.165) is 38.5 Å². The lowest BCUT2D eigenvalue weighted by Crippen LogP contribution is -2.66. The predicted octanol–water partition coefficient (Wildman–Crippen LogP) is 1.51. The van der Waals surface area contributed by atoms with E-state index in [4.69, 9.17) is 5.73 Å². The number of rotatable bonds is 4. The van der Waals surface area contributed by atoms with Gasteiger partial charge in [0, 0.05) is 6.54 Å². The summed E-state index contributed by atoms with van der Waals surface area (Å²) in [5.41, 5.74) is 4.93. The number of likely N-dealkylation sites (tertiary alicyclic amines) is 1. The Hall–Kier alpha value is -0.610. The summed E-state index contributed by atoms with van der Waals surface area (Å²) in [5, 5.41) is 10.2. The van der Waals surface area contributed by atoms with Crippen LogP contribution in [-0.4, -0.2) is 41.1 Å². The molecule has 2 rings (SSSR count). The summed E-state index contributed by atoms with van der Waals surface area (Å²) < 4.78 is 0. The maximum absolute atomic E-state index is 12.7. The molecule has 0 bridgehead atoms. The van der Waals surface area contributed by atoms with Crippen molar-refractivity contribution in [3.8, 4) is 0 Å². The van der Waals surface area contributed by atoms with Crippen molar-refractivity contribution in [3.63, 3.8) is 0 Å². The number of nitrogens with two attached hydrogens (primary N) is 1. The molecule has 1 amide bonds. The largest absolute Gasteiger partial charge is 0.386 e. The molecule has 0 unspecified atom stereocenters. The number of hydrogen-bond donors (Lipinski definition) is 2. The highest BCUT2D eigenvalue weighted by molar-refractivity contribution is 5.84. The molecule has 110 valence electrons. The second kappa shape index (κ2) is 5.41. The third-order valence-corrected chi connectivity index (χ3v) is 5.05. The van der Waals surface area contributed by atoms with Crippen molar-refractivity contribution < 1.29 is 9.90 Å². The van der Waals surface area contributed by atoms with Crippen LogP contribution in [0, 0.1) is 11.3 Å². The monoisotopic (exact) mass is 268 g/mol. The lowest BCUT2D eigenvalue weighted by Gasteiger charge is -2.51. The van der Waals surface area contributed by atoms with Crippen molar-refractivity contribution in [2.24, 2.45) is 17.1 Å². The van der Waals surface area contributed by atoms with Crippen molar-refractivity contribution in [1.82, 2.24) is 4.90 Å². The Morgan fingerprint density at radius 3 is 2.42 bits per heavy atom. The molecule has 0 aromatic rings. The smallest absolute Gasteiger partial charge is 0.230 e. The number of aliphatic hydroxyl groups is 1. The first-order valence-corrected chi connectivity index (χ1v) is 7.66. The van der Waals surface area contributed by atoms with Crippen LogP contribution in [0.3, 0.4) is 0 Å². The Labute approximate surface area is 116 Å². The average molecular weight is 268 g/mol. The van der Waals surface area contributed by atoms with Gasteiger partial charge in [0.15, 0.2) is 0 Å². The topological polar surface area (TPSA) is 66.6 Å². The van der Waals surface area contributed by atoms with E-state index in [-0.39, 0.29) is 11.3 Å². The molecule has 1 aliphatic carbocycles. The summed E-state index contributed by atoms with van der Waals surface area (Å²) in [6.07, 6.45) is 5.74. The van der Waals surface area contributed by atoms with Crippen LogP contribution >= 0.6 is 0 Å². The van der Waals surface area contributed by atoms with Crippen LogP contribution in [0.5, 0.6) is 0 Å². The number of β-amino-alcohol motifs (C(OH)–C–C–N with tert-alkyl or cyclic N) is 1. The summed E-state index contributed by atoms with van der Waals surface area (Å²) in [4.78, 5) is 14.5. The highest BCUT2D eigenvalue weighted by Crippen LogP contribution is 2.41. The number of hydrogen-bond acceptors (Lipinski definition) is 3. The SMILES string of the molecule is CCCC1(O)CN(C(=O)C2(CN)CCC(C)CC2)C1. The first-order chi connectivity index (χ1) is 8.95. The van der Waals surface area contributed by atoms with Gasteiger partial charge in [0.1, 0.15) is 0 Å². The van der Waals surface area contributed by atoms with Crippen LogP contribution < -0.4 is 5.73 Å². The van der Waals surface area contributed by atoms with Crippen molar-refractivity contribution in [3.05, 3.63) is 0 Å². The normalized spacial score (nSPS) is 33.9. The molecule has 19 heavy (non-hydrogen) atoms. The van der Waals surface area contributed by atoms with Gasteiger partial charge < -0.3 is 15.7 Å². The van der Waals surface area contributed by atoms with Crippen LogP contribution in [0.25, 0.3) is 0 Å². The molecule has 0 atom stereocenters. The minimum Gasteiger partial charge on any atom is -0.386 e. The first kappa shape index (κ1) is 14.8. The number of carbonyl (C=O) groups is 1. The number of nitrogens with zero attached hydrogens (tertiary/aromatic N) is 1. The van der Waals surface area contributed by atoms with Crippen molar-refractivity contribution in [2.75, 3.05) is 19.6 Å². The molecule has 2 fully saturated rings. The van der Waals surface area contributed by atoms with Crippen LogP contribution in [0.4, 0.5) is 0 Å². The highest BCUT2D eigenvalue weighted by Gasteiger charge is 2.49. The van der Waals surface area contributed by atoms with Crippen molar-refractivity contribution in [1.29, 1.82) is 0 Å². The summed E-state index contributed by atoms with van der Waals surface area (Å²) >= 11 is 0. The molecule has 4 heteroatoms. The molecule has 1 heterocycles. The molecule has 1 aliphatic heterocycles. The summed E-state index contributed by atoms with van der Waals surface area (Å²) in [6.45, 7) is 5.75. The van der Waals surface area contributed by atoms with Gasteiger partial charge in [-0.3, -0.25) is 4.79 Å². The van der Waals surface area contributed by atoms with Crippen molar-refractivity contribution in [2.45, 2.75) is 58.0 Å². The molecule has 2 aliphatic rings. The number of carbonyl (C=O) groups excluding carboxylic acids is 1. The van der Waals surface area contributed by atoms with E-state index in [1.165, 1.54) is 0 Å². The molecule has 0 aromatic heterocycles. The van der Waals surface area contributed by atoms with Crippen molar-refractivity contribution >= 4 is 5.91 Å².